The summed E-state index contributed by atoms with van der Waals surface area (Å²) in [6.45, 7) is -0.963. The summed E-state index contributed by atoms with van der Waals surface area (Å²) < 4.78 is 46.2. The molecular formula is C14H13F3N2O3. The van der Waals surface area contributed by atoms with E-state index in [0.29, 0.717) is 18.7 Å². The number of nitriles is 1. The molecule has 0 unspecified atom stereocenters. The first-order valence-corrected chi connectivity index (χ1v) is 6.55. The van der Waals surface area contributed by atoms with Crippen molar-refractivity contribution in [1.29, 1.82) is 5.26 Å². The fourth-order valence-corrected chi connectivity index (χ4v) is 1.99. The van der Waals surface area contributed by atoms with Crippen LogP contribution in [-0.4, -0.2) is 31.4 Å². The van der Waals surface area contributed by atoms with Gasteiger partial charge in [0.05, 0.1) is 5.56 Å². The van der Waals surface area contributed by atoms with Crippen molar-refractivity contribution in [1.82, 2.24) is 0 Å². The Balaban J connectivity index is 2.05. The molecule has 0 radical (unpaired) electrons. The first-order chi connectivity index (χ1) is 10.4. The van der Waals surface area contributed by atoms with Gasteiger partial charge in [-0.05, 0) is 31.0 Å². The standard InChI is InChI=1S/C14H13F3N2O3/c15-14(16,17)8-22-11-4-3-10(6-9(11)7-18)19-13(20)12-2-1-5-21-12/h3-4,6,12H,1-2,5,8H2,(H,19,20)/t12-/m1/s1. The van der Waals surface area contributed by atoms with Gasteiger partial charge in [0.1, 0.15) is 17.9 Å². The first-order valence-electron chi connectivity index (χ1n) is 6.55. The summed E-state index contributed by atoms with van der Waals surface area (Å²) in [6.07, 6.45) is -3.61. The lowest BCUT2D eigenvalue weighted by Gasteiger charge is -2.13. The van der Waals surface area contributed by atoms with E-state index >= 15 is 0 Å². The van der Waals surface area contributed by atoms with Gasteiger partial charge in [0.25, 0.3) is 5.91 Å². The van der Waals surface area contributed by atoms with E-state index in [2.05, 4.69) is 10.1 Å². The second-order valence-electron chi connectivity index (χ2n) is 4.72. The van der Waals surface area contributed by atoms with Crippen LogP contribution in [0.2, 0.25) is 0 Å². The van der Waals surface area contributed by atoms with Gasteiger partial charge in [-0.3, -0.25) is 4.79 Å². The number of halogens is 3. The zero-order valence-electron chi connectivity index (χ0n) is 11.4. The lowest BCUT2D eigenvalue weighted by atomic mass is 10.1. The molecular weight excluding hydrogens is 301 g/mol. The second-order valence-corrected chi connectivity index (χ2v) is 4.72. The fraction of sp³-hybridized carbons (Fsp3) is 0.429. The summed E-state index contributed by atoms with van der Waals surface area (Å²) in [6, 6.07) is 5.59. The second kappa shape index (κ2) is 6.66. The van der Waals surface area contributed by atoms with E-state index in [0.717, 1.165) is 6.42 Å². The number of alkyl halides is 3. The molecule has 1 aromatic rings. The molecule has 1 aliphatic rings. The predicted octanol–water partition coefficient (Wildman–Crippen LogP) is 2.62. The average Bonchev–Trinajstić information content (AvgIpc) is 2.99. The van der Waals surface area contributed by atoms with E-state index in [1.165, 1.54) is 18.2 Å². The normalized spacial score (nSPS) is 17.8. The quantitative estimate of drug-likeness (QED) is 0.927. The van der Waals surface area contributed by atoms with Crippen LogP contribution in [0.1, 0.15) is 18.4 Å². The van der Waals surface area contributed by atoms with E-state index in [1.807, 2.05) is 0 Å². The zero-order chi connectivity index (χ0) is 16.2. The van der Waals surface area contributed by atoms with Crippen molar-refractivity contribution in [2.24, 2.45) is 0 Å². The van der Waals surface area contributed by atoms with Crippen molar-refractivity contribution < 1.29 is 27.4 Å². The van der Waals surface area contributed by atoms with Crippen LogP contribution >= 0.6 is 0 Å². The molecule has 1 N–H and O–H groups in total. The molecule has 2 rings (SSSR count). The Kier molecular flexibility index (Phi) is 4.88. The van der Waals surface area contributed by atoms with E-state index < -0.39 is 18.9 Å². The molecule has 0 aliphatic carbocycles. The molecule has 1 saturated heterocycles. The minimum absolute atomic E-state index is 0.0885. The van der Waals surface area contributed by atoms with Gasteiger partial charge in [0.2, 0.25) is 0 Å². The highest BCUT2D eigenvalue weighted by atomic mass is 19.4. The highest BCUT2D eigenvalue weighted by Gasteiger charge is 2.29. The lowest BCUT2D eigenvalue weighted by molar-refractivity contribution is -0.153. The van der Waals surface area contributed by atoms with Crippen molar-refractivity contribution in [3.63, 3.8) is 0 Å². The van der Waals surface area contributed by atoms with Crippen LogP contribution in [0.3, 0.4) is 0 Å². The summed E-state index contributed by atoms with van der Waals surface area (Å²) in [5.41, 5.74) is 0.214. The van der Waals surface area contributed by atoms with Crippen LogP contribution in [0, 0.1) is 11.3 Å². The molecule has 1 heterocycles. The van der Waals surface area contributed by atoms with Gasteiger partial charge in [0.15, 0.2) is 6.61 Å². The molecule has 0 aromatic heterocycles. The van der Waals surface area contributed by atoms with Crippen LogP contribution in [0.25, 0.3) is 0 Å². The molecule has 0 spiro atoms. The highest BCUT2D eigenvalue weighted by Crippen LogP contribution is 2.25. The summed E-state index contributed by atoms with van der Waals surface area (Å²) in [7, 11) is 0. The molecule has 1 atom stereocenters. The van der Waals surface area contributed by atoms with E-state index in [4.69, 9.17) is 10.00 Å². The van der Waals surface area contributed by atoms with Gasteiger partial charge >= 0.3 is 6.18 Å². The number of nitrogens with zero attached hydrogens (tertiary/aromatic N) is 1. The van der Waals surface area contributed by atoms with Crippen molar-refractivity contribution in [2.75, 3.05) is 18.5 Å². The maximum absolute atomic E-state index is 12.1. The number of rotatable bonds is 4. The Morgan fingerprint density at radius 1 is 1.50 bits per heavy atom. The number of hydrogen-bond donors (Lipinski definition) is 1. The number of benzene rings is 1. The Hall–Kier alpha value is -2.27. The minimum Gasteiger partial charge on any atom is -0.483 e. The molecule has 1 aromatic carbocycles. The average molecular weight is 314 g/mol. The summed E-state index contributed by atoms with van der Waals surface area (Å²) in [4.78, 5) is 11.9. The Labute approximate surface area is 124 Å². The number of anilines is 1. The van der Waals surface area contributed by atoms with Crippen molar-refractivity contribution >= 4 is 11.6 Å². The Morgan fingerprint density at radius 2 is 2.27 bits per heavy atom. The molecule has 0 saturated carbocycles. The van der Waals surface area contributed by atoms with Gasteiger partial charge in [-0.1, -0.05) is 0 Å². The molecule has 8 heteroatoms. The maximum atomic E-state index is 12.1. The van der Waals surface area contributed by atoms with Gasteiger partial charge in [-0.15, -0.1) is 0 Å². The predicted molar refractivity (Wildman–Crippen MR) is 70.3 cm³/mol. The molecule has 1 amide bonds. The topological polar surface area (TPSA) is 71.4 Å². The van der Waals surface area contributed by atoms with Crippen LogP contribution in [0.5, 0.6) is 5.75 Å². The highest BCUT2D eigenvalue weighted by molar-refractivity contribution is 5.94. The molecule has 0 bridgehead atoms. The van der Waals surface area contributed by atoms with E-state index in [1.54, 1.807) is 6.07 Å². The molecule has 1 fully saturated rings. The summed E-state index contributed by atoms with van der Waals surface area (Å²) in [5, 5.41) is 11.5. The maximum Gasteiger partial charge on any atom is 0.422 e. The van der Waals surface area contributed by atoms with Gasteiger partial charge in [-0.25, -0.2) is 0 Å². The fourth-order valence-electron chi connectivity index (χ4n) is 1.99. The van der Waals surface area contributed by atoms with Gasteiger partial charge in [0, 0.05) is 12.3 Å². The number of carbonyl (C=O) groups excluding carboxylic acids is 1. The molecule has 5 nitrogen and oxygen atoms in total. The SMILES string of the molecule is N#Cc1cc(NC(=O)[C@H]2CCCO2)ccc1OCC(F)(F)F. The van der Waals surface area contributed by atoms with Crippen LogP contribution in [0.4, 0.5) is 18.9 Å². The van der Waals surface area contributed by atoms with Crippen molar-refractivity contribution in [2.45, 2.75) is 25.1 Å². The van der Waals surface area contributed by atoms with E-state index in [9.17, 15) is 18.0 Å². The zero-order valence-corrected chi connectivity index (χ0v) is 11.4. The number of carbonyl (C=O) groups is 1. The van der Waals surface area contributed by atoms with Crippen molar-refractivity contribution in [3.05, 3.63) is 23.8 Å². The van der Waals surface area contributed by atoms with Crippen molar-refractivity contribution in [3.8, 4) is 11.8 Å². The number of nitrogens with one attached hydrogen (secondary N) is 1. The first kappa shape index (κ1) is 16.1. The minimum atomic E-state index is -4.49. The Bertz CT molecular complexity index is 590. The smallest absolute Gasteiger partial charge is 0.422 e. The van der Waals surface area contributed by atoms with Gasteiger partial charge in [-0.2, -0.15) is 18.4 Å². The monoisotopic (exact) mass is 314 g/mol. The Morgan fingerprint density at radius 3 is 2.86 bits per heavy atom. The number of hydrogen-bond acceptors (Lipinski definition) is 4. The van der Waals surface area contributed by atoms with Crippen LogP contribution in [0.15, 0.2) is 18.2 Å². The molecule has 22 heavy (non-hydrogen) atoms. The largest absolute Gasteiger partial charge is 0.483 e. The number of ether oxygens (including phenoxy) is 2. The third-order valence-electron chi connectivity index (χ3n) is 2.98. The third kappa shape index (κ3) is 4.36. The van der Waals surface area contributed by atoms with Crippen LogP contribution < -0.4 is 10.1 Å². The lowest BCUT2D eigenvalue weighted by Crippen LogP contribution is -2.26. The van der Waals surface area contributed by atoms with Crippen LogP contribution in [-0.2, 0) is 9.53 Å². The summed E-state index contributed by atoms with van der Waals surface area (Å²) in [5.74, 6) is -0.528. The number of amides is 1. The molecule has 1 aliphatic heterocycles. The third-order valence-corrected chi connectivity index (χ3v) is 2.98. The van der Waals surface area contributed by atoms with Gasteiger partial charge < -0.3 is 14.8 Å². The molecule has 118 valence electrons. The van der Waals surface area contributed by atoms with E-state index in [-0.39, 0.29) is 17.2 Å². The summed E-state index contributed by atoms with van der Waals surface area (Å²) >= 11 is 0.